The number of carbonyl (C=O) groups excluding carboxylic acids is 1. The molecule has 0 aromatic heterocycles. The van der Waals surface area contributed by atoms with Crippen LogP contribution in [0.2, 0.25) is 0 Å². The van der Waals surface area contributed by atoms with E-state index in [1.165, 1.54) is 5.56 Å². The van der Waals surface area contributed by atoms with Gasteiger partial charge in [-0.2, -0.15) is 5.10 Å². The zero-order valence-electron chi connectivity index (χ0n) is 20.2. The third kappa shape index (κ3) is 4.77. The average molecular weight is 464 g/mol. The van der Waals surface area contributed by atoms with Crippen molar-refractivity contribution in [3.05, 3.63) is 53.6 Å². The van der Waals surface area contributed by atoms with Crippen molar-refractivity contribution < 1.29 is 9.90 Å². The highest BCUT2D eigenvalue weighted by Crippen LogP contribution is 2.30. The van der Waals surface area contributed by atoms with E-state index >= 15 is 0 Å². The monoisotopic (exact) mass is 463 g/mol. The molecule has 1 saturated heterocycles. The molecular weight excluding hydrogens is 426 g/mol. The molecule has 0 spiro atoms. The lowest BCUT2D eigenvalue weighted by atomic mass is 9.87. The van der Waals surface area contributed by atoms with E-state index in [9.17, 15) is 9.90 Å². The molecule has 0 saturated carbocycles. The summed E-state index contributed by atoms with van der Waals surface area (Å²) in [5, 5.41) is 14.5. The van der Waals surface area contributed by atoms with Crippen molar-refractivity contribution in [1.82, 2.24) is 20.1 Å². The second kappa shape index (κ2) is 10.3. The van der Waals surface area contributed by atoms with Gasteiger partial charge < -0.3 is 15.4 Å². The predicted octanol–water partition coefficient (Wildman–Crippen LogP) is 2.18. The highest BCUT2D eigenvalue weighted by molar-refractivity contribution is 6.40. The normalized spacial score (nSPS) is 26.2. The van der Waals surface area contributed by atoms with Crippen LogP contribution in [-0.2, 0) is 17.6 Å². The first-order valence-corrected chi connectivity index (χ1v) is 12.9. The van der Waals surface area contributed by atoms with Gasteiger partial charge in [-0.05, 0) is 49.4 Å². The molecule has 2 N–H and O–H groups in total. The summed E-state index contributed by atoms with van der Waals surface area (Å²) in [5.74, 6) is 0.591. The second-order valence-electron chi connectivity index (χ2n) is 9.93. The Bertz CT molecular complexity index is 979. The van der Waals surface area contributed by atoms with Crippen LogP contribution in [0.5, 0.6) is 5.75 Å². The summed E-state index contributed by atoms with van der Waals surface area (Å²) in [5.41, 5.74) is 6.19. The zero-order valence-corrected chi connectivity index (χ0v) is 20.2. The van der Waals surface area contributed by atoms with Crippen LogP contribution in [0, 0.1) is 5.92 Å². The van der Waals surface area contributed by atoms with Crippen LogP contribution < -0.4 is 5.43 Å². The van der Waals surface area contributed by atoms with Gasteiger partial charge >= 0.3 is 0 Å². The van der Waals surface area contributed by atoms with E-state index in [1.807, 2.05) is 29.2 Å². The van der Waals surface area contributed by atoms with Crippen molar-refractivity contribution in [3.8, 4) is 5.75 Å². The number of nitrogens with zero attached hydrogens (tertiary/aromatic N) is 4. The summed E-state index contributed by atoms with van der Waals surface area (Å²) in [7, 11) is 0. The number of benzene rings is 1. The quantitative estimate of drug-likeness (QED) is 0.649. The maximum Gasteiger partial charge on any atom is 0.270 e. The Balaban J connectivity index is 1.11. The molecule has 7 heteroatoms. The van der Waals surface area contributed by atoms with Crippen molar-refractivity contribution in [1.29, 1.82) is 0 Å². The van der Waals surface area contributed by atoms with Gasteiger partial charge in [0.1, 0.15) is 11.5 Å². The van der Waals surface area contributed by atoms with Gasteiger partial charge in [0.2, 0.25) is 0 Å². The van der Waals surface area contributed by atoms with Gasteiger partial charge in [0.15, 0.2) is 0 Å². The van der Waals surface area contributed by atoms with Crippen LogP contribution in [0.1, 0.15) is 30.9 Å². The maximum atomic E-state index is 13.1. The third-order valence-corrected chi connectivity index (χ3v) is 7.83. The van der Waals surface area contributed by atoms with Crippen molar-refractivity contribution in [2.45, 2.75) is 44.7 Å². The number of phenolic OH excluding ortho intramolecular Hbond substituents is 1. The van der Waals surface area contributed by atoms with Crippen molar-refractivity contribution in [3.63, 3.8) is 0 Å². The number of hydrazone groups is 1. The molecule has 2 aliphatic carbocycles. The predicted molar refractivity (Wildman–Crippen MR) is 135 cm³/mol. The molecule has 5 rings (SSSR count). The Kier molecular flexibility index (Phi) is 7.02. The molecule has 34 heavy (non-hydrogen) atoms. The first-order valence-electron chi connectivity index (χ1n) is 12.9. The van der Waals surface area contributed by atoms with Gasteiger partial charge in [-0.15, -0.1) is 0 Å². The Labute approximate surface area is 202 Å². The minimum atomic E-state index is 0.0562. The largest absolute Gasteiger partial charge is 0.508 e. The number of piperazine rings is 1. The minimum Gasteiger partial charge on any atom is -0.508 e. The standard InChI is InChI=1S/C27H37N5O2/c1-2-12-31(21-10-11-22-20(19-21)6-5-9-25(22)33)16-13-30-14-17-32(18-15-30)27(34)26-23-7-3-4-8-24(23)28-29-26/h3-9,21,23-24,28,33H,2,10-19H2,1H3. The number of carbonyl (C=O) groups is 1. The topological polar surface area (TPSA) is 71.4 Å². The van der Waals surface area contributed by atoms with Gasteiger partial charge in [-0.25, -0.2) is 0 Å². The third-order valence-electron chi connectivity index (χ3n) is 7.83. The van der Waals surface area contributed by atoms with E-state index in [-0.39, 0.29) is 17.9 Å². The number of aromatic hydroxyl groups is 1. The average Bonchev–Trinajstić information content (AvgIpc) is 3.31. The molecule has 3 unspecified atom stereocenters. The SMILES string of the molecule is CCCN(CCN1CCN(C(=O)C2=NNC3C=CC=CC23)CC1)C1CCc2c(O)cccc2C1. The molecule has 7 nitrogen and oxygen atoms in total. The Morgan fingerprint density at radius 2 is 2.00 bits per heavy atom. The molecule has 2 aliphatic heterocycles. The molecular formula is C27H37N5O2. The molecule has 0 radical (unpaired) electrons. The molecule has 1 amide bonds. The fraction of sp³-hybridized carbons (Fsp3) is 0.556. The smallest absolute Gasteiger partial charge is 0.270 e. The van der Waals surface area contributed by atoms with Crippen LogP contribution in [-0.4, -0.2) is 89.3 Å². The number of phenols is 1. The van der Waals surface area contributed by atoms with Crippen LogP contribution >= 0.6 is 0 Å². The molecule has 2 heterocycles. The molecule has 1 fully saturated rings. The number of amides is 1. The van der Waals surface area contributed by atoms with Crippen molar-refractivity contribution in [2.24, 2.45) is 11.0 Å². The summed E-state index contributed by atoms with van der Waals surface area (Å²) in [6, 6.07) is 6.61. The Morgan fingerprint density at radius 3 is 2.82 bits per heavy atom. The number of hydrogen-bond donors (Lipinski definition) is 2. The molecule has 3 atom stereocenters. The van der Waals surface area contributed by atoms with Gasteiger partial charge in [0.25, 0.3) is 5.91 Å². The van der Waals surface area contributed by atoms with E-state index < -0.39 is 0 Å². The van der Waals surface area contributed by atoms with Crippen LogP contribution in [0.3, 0.4) is 0 Å². The lowest BCUT2D eigenvalue weighted by Crippen LogP contribution is -2.53. The number of hydrogen-bond acceptors (Lipinski definition) is 6. The lowest BCUT2D eigenvalue weighted by Gasteiger charge is -2.39. The van der Waals surface area contributed by atoms with Crippen LogP contribution in [0.4, 0.5) is 0 Å². The van der Waals surface area contributed by atoms with E-state index in [0.29, 0.717) is 17.5 Å². The zero-order chi connectivity index (χ0) is 23.5. The second-order valence-corrected chi connectivity index (χ2v) is 9.93. The molecule has 4 aliphatic rings. The van der Waals surface area contributed by atoms with Crippen LogP contribution in [0.25, 0.3) is 0 Å². The summed E-state index contributed by atoms with van der Waals surface area (Å²) >= 11 is 0. The first-order chi connectivity index (χ1) is 16.6. The number of rotatable bonds is 7. The highest BCUT2D eigenvalue weighted by Gasteiger charge is 2.36. The van der Waals surface area contributed by atoms with Crippen molar-refractivity contribution in [2.75, 3.05) is 45.8 Å². The minimum absolute atomic E-state index is 0.0562. The fourth-order valence-electron chi connectivity index (χ4n) is 5.85. The summed E-state index contributed by atoms with van der Waals surface area (Å²) in [6.07, 6.45) is 12.4. The molecule has 0 bridgehead atoms. The van der Waals surface area contributed by atoms with Gasteiger partial charge in [0, 0.05) is 45.3 Å². The lowest BCUT2D eigenvalue weighted by molar-refractivity contribution is -0.126. The highest BCUT2D eigenvalue weighted by atomic mass is 16.3. The molecule has 1 aromatic rings. The number of allylic oxidation sites excluding steroid dienone is 2. The van der Waals surface area contributed by atoms with Gasteiger partial charge in [-0.3, -0.25) is 14.6 Å². The van der Waals surface area contributed by atoms with E-state index in [0.717, 1.165) is 77.1 Å². The molecule has 1 aromatic carbocycles. The van der Waals surface area contributed by atoms with E-state index in [1.54, 1.807) is 0 Å². The Morgan fingerprint density at radius 1 is 1.18 bits per heavy atom. The van der Waals surface area contributed by atoms with Crippen molar-refractivity contribution >= 4 is 11.6 Å². The fourth-order valence-corrected chi connectivity index (χ4v) is 5.85. The summed E-state index contributed by atoms with van der Waals surface area (Å²) in [6.45, 7) is 8.80. The maximum absolute atomic E-state index is 13.1. The Hall–Kier alpha value is -2.64. The molecule has 182 valence electrons. The number of fused-ring (bicyclic) bond motifs is 2. The van der Waals surface area contributed by atoms with Crippen LogP contribution in [0.15, 0.2) is 47.6 Å². The van der Waals surface area contributed by atoms with Gasteiger partial charge in [0.05, 0.1) is 12.0 Å². The van der Waals surface area contributed by atoms with E-state index in [2.05, 4.69) is 45.5 Å². The van der Waals surface area contributed by atoms with E-state index in [4.69, 9.17) is 0 Å². The summed E-state index contributed by atoms with van der Waals surface area (Å²) in [4.78, 5) is 20.2. The number of nitrogens with one attached hydrogen (secondary N) is 1. The first kappa shape index (κ1) is 23.1. The van der Waals surface area contributed by atoms with Gasteiger partial charge in [-0.1, -0.05) is 43.4 Å². The summed E-state index contributed by atoms with van der Waals surface area (Å²) < 4.78 is 0.